The molecule has 1 rings (SSSR count). The molecule has 0 radical (unpaired) electrons. The van der Waals surface area contributed by atoms with E-state index in [2.05, 4.69) is 26.1 Å². The largest absolute Gasteiger partial charge is 0.314 e. The second-order valence-corrected chi connectivity index (χ2v) is 7.34. The van der Waals surface area contributed by atoms with E-state index in [4.69, 9.17) is 0 Å². The molecule has 21 heavy (non-hydrogen) atoms. The summed E-state index contributed by atoms with van der Waals surface area (Å²) in [6.45, 7) is 8.17. The van der Waals surface area contributed by atoms with Gasteiger partial charge in [0.2, 0.25) is 0 Å². The summed E-state index contributed by atoms with van der Waals surface area (Å²) in [6.07, 6.45) is 18.7. The van der Waals surface area contributed by atoms with E-state index in [0.717, 1.165) is 17.9 Å². The van der Waals surface area contributed by atoms with Gasteiger partial charge in [0, 0.05) is 6.04 Å². The third kappa shape index (κ3) is 8.24. The lowest BCUT2D eigenvalue weighted by Crippen LogP contribution is -2.41. The van der Waals surface area contributed by atoms with Crippen LogP contribution in [-0.2, 0) is 0 Å². The fourth-order valence-corrected chi connectivity index (χ4v) is 4.14. The standard InChI is InChI=1S/C20H41N/c1-4-7-8-9-10-11-13-19-17-18(12-5-2)14-15-20(19)21-16-6-3/h18-21H,4-17H2,1-3H3. The zero-order valence-electron chi connectivity index (χ0n) is 15.1. The Hall–Kier alpha value is -0.0400. The Morgan fingerprint density at radius 2 is 1.52 bits per heavy atom. The molecule has 0 aromatic rings. The number of hydrogen-bond donors (Lipinski definition) is 1. The second-order valence-electron chi connectivity index (χ2n) is 7.34. The normalized spacial score (nSPS) is 26.1. The first kappa shape index (κ1) is 19.0. The second kappa shape index (κ2) is 12.5. The Kier molecular flexibility index (Phi) is 11.3. The van der Waals surface area contributed by atoms with Crippen molar-refractivity contribution >= 4 is 0 Å². The highest BCUT2D eigenvalue weighted by Gasteiger charge is 2.29. The number of rotatable bonds is 12. The molecule has 126 valence electrons. The lowest BCUT2D eigenvalue weighted by Gasteiger charge is -2.37. The van der Waals surface area contributed by atoms with Gasteiger partial charge in [-0.15, -0.1) is 0 Å². The zero-order valence-corrected chi connectivity index (χ0v) is 15.1. The molecule has 1 fully saturated rings. The quantitative estimate of drug-likeness (QED) is 0.415. The predicted molar refractivity (Wildman–Crippen MR) is 95.8 cm³/mol. The Balaban J connectivity index is 2.27. The summed E-state index contributed by atoms with van der Waals surface area (Å²) in [6, 6.07) is 0.827. The third-order valence-electron chi connectivity index (χ3n) is 5.37. The lowest BCUT2D eigenvalue weighted by atomic mass is 9.74. The molecule has 0 aliphatic heterocycles. The van der Waals surface area contributed by atoms with Crippen LogP contribution < -0.4 is 5.32 Å². The van der Waals surface area contributed by atoms with Crippen LogP contribution in [0.15, 0.2) is 0 Å². The molecule has 1 saturated carbocycles. The molecule has 1 heteroatoms. The van der Waals surface area contributed by atoms with Crippen LogP contribution in [0, 0.1) is 11.8 Å². The third-order valence-corrected chi connectivity index (χ3v) is 5.37. The maximum atomic E-state index is 3.85. The van der Waals surface area contributed by atoms with Gasteiger partial charge in [0.25, 0.3) is 0 Å². The summed E-state index contributed by atoms with van der Waals surface area (Å²) in [5, 5.41) is 3.85. The van der Waals surface area contributed by atoms with Crippen molar-refractivity contribution in [3.63, 3.8) is 0 Å². The van der Waals surface area contributed by atoms with Crippen LogP contribution in [-0.4, -0.2) is 12.6 Å². The van der Waals surface area contributed by atoms with Crippen LogP contribution >= 0.6 is 0 Å². The highest BCUT2D eigenvalue weighted by molar-refractivity contribution is 4.84. The Morgan fingerprint density at radius 3 is 2.24 bits per heavy atom. The van der Waals surface area contributed by atoms with Crippen molar-refractivity contribution in [2.45, 2.75) is 110 Å². The first-order valence-electron chi connectivity index (χ1n) is 10.0. The monoisotopic (exact) mass is 295 g/mol. The van der Waals surface area contributed by atoms with E-state index in [1.54, 1.807) is 0 Å². The highest BCUT2D eigenvalue weighted by Crippen LogP contribution is 2.35. The van der Waals surface area contributed by atoms with Crippen molar-refractivity contribution in [2.75, 3.05) is 6.54 Å². The van der Waals surface area contributed by atoms with E-state index in [-0.39, 0.29) is 0 Å². The topological polar surface area (TPSA) is 12.0 Å². The fraction of sp³-hybridized carbons (Fsp3) is 1.00. The van der Waals surface area contributed by atoms with E-state index in [0.29, 0.717) is 0 Å². The molecule has 0 bridgehead atoms. The molecule has 0 spiro atoms. The van der Waals surface area contributed by atoms with Crippen LogP contribution in [0.2, 0.25) is 0 Å². The summed E-state index contributed by atoms with van der Waals surface area (Å²) in [7, 11) is 0. The molecule has 1 N–H and O–H groups in total. The number of unbranched alkanes of at least 4 members (excludes halogenated alkanes) is 5. The van der Waals surface area contributed by atoms with Gasteiger partial charge in [-0.3, -0.25) is 0 Å². The van der Waals surface area contributed by atoms with Gasteiger partial charge in [-0.05, 0) is 50.5 Å². The summed E-state index contributed by atoms with van der Waals surface area (Å²) in [5.41, 5.74) is 0. The van der Waals surface area contributed by atoms with E-state index >= 15 is 0 Å². The minimum Gasteiger partial charge on any atom is -0.314 e. The SMILES string of the molecule is CCCCCCCCC1CC(CCC)CCC1NCCC. The number of hydrogen-bond acceptors (Lipinski definition) is 1. The van der Waals surface area contributed by atoms with Gasteiger partial charge in [-0.25, -0.2) is 0 Å². The maximum absolute atomic E-state index is 3.85. The lowest BCUT2D eigenvalue weighted by molar-refractivity contribution is 0.182. The first-order valence-corrected chi connectivity index (χ1v) is 10.0. The highest BCUT2D eigenvalue weighted by atomic mass is 14.9. The molecule has 3 unspecified atom stereocenters. The van der Waals surface area contributed by atoms with Crippen molar-refractivity contribution in [1.82, 2.24) is 5.32 Å². The molecule has 1 nitrogen and oxygen atoms in total. The van der Waals surface area contributed by atoms with E-state index in [1.807, 2.05) is 0 Å². The summed E-state index contributed by atoms with van der Waals surface area (Å²) >= 11 is 0. The Morgan fingerprint density at radius 1 is 0.762 bits per heavy atom. The van der Waals surface area contributed by atoms with E-state index < -0.39 is 0 Å². The van der Waals surface area contributed by atoms with E-state index in [9.17, 15) is 0 Å². The molecule has 0 amide bonds. The smallest absolute Gasteiger partial charge is 0.00955 e. The molecule has 0 heterocycles. The van der Waals surface area contributed by atoms with Gasteiger partial charge in [-0.2, -0.15) is 0 Å². The van der Waals surface area contributed by atoms with Crippen molar-refractivity contribution in [3.8, 4) is 0 Å². The average Bonchev–Trinajstić information content (AvgIpc) is 2.50. The van der Waals surface area contributed by atoms with Gasteiger partial charge < -0.3 is 5.32 Å². The van der Waals surface area contributed by atoms with Gasteiger partial charge in [0.15, 0.2) is 0 Å². The van der Waals surface area contributed by atoms with Gasteiger partial charge >= 0.3 is 0 Å². The summed E-state index contributed by atoms with van der Waals surface area (Å²) < 4.78 is 0. The van der Waals surface area contributed by atoms with Crippen molar-refractivity contribution < 1.29 is 0 Å². The summed E-state index contributed by atoms with van der Waals surface area (Å²) in [4.78, 5) is 0. The Bertz CT molecular complexity index is 226. The maximum Gasteiger partial charge on any atom is 0.00955 e. The molecule has 0 saturated heterocycles. The van der Waals surface area contributed by atoms with Crippen LogP contribution in [0.5, 0.6) is 0 Å². The fourth-order valence-electron chi connectivity index (χ4n) is 4.14. The first-order chi connectivity index (χ1) is 10.3. The van der Waals surface area contributed by atoms with Crippen molar-refractivity contribution in [2.24, 2.45) is 11.8 Å². The molecule has 0 aromatic carbocycles. The minimum absolute atomic E-state index is 0.827. The van der Waals surface area contributed by atoms with Crippen LogP contribution in [0.4, 0.5) is 0 Å². The predicted octanol–water partition coefficient (Wildman–Crippen LogP) is 6.32. The van der Waals surface area contributed by atoms with E-state index in [1.165, 1.54) is 90.0 Å². The number of nitrogens with one attached hydrogen (secondary N) is 1. The molecule has 0 aromatic heterocycles. The molecule has 1 aliphatic carbocycles. The van der Waals surface area contributed by atoms with Gasteiger partial charge in [0.1, 0.15) is 0 Å². The van der Waals surface area contributed by atoms with Crippen molar-refractivity contribution in [3.05, 3.63) is 0 Å². The van der Waals surface area contributed by atoms with Gasteiger partial charge in [0.05, 0.1) is 0 Å². The van der Waals surface area contributed by atoms with Gasteiger partial charge in [-0.1, -0.05) is 72.1 Å². The van der Waals surface area contributed by atoms with Crippen LogP contribution in [0.3, 0.4) is 0 Å². The summed E-state index contributed by atoms with van der Waals surface area (Å²) in [5.74, 6) is 1.99. The zero-order chi connectivity index (χ0) is 15.3. The molecule has 3 atom stereocenters. The molecular formula is C20H41N. The van der Waals surface area contributed by atoms with Crippen molar-refractivity contribution in [1.29, 1.82) is 0 Å². The Labute approximate surface area is 134 Å². The van der Waals surface area contributed by atoms with Crippen LogP contribution in [0.1, 0.15) is 104 Å². The minimum atomic E-state index is 0.827. The molecule has 1 aliphatic rings. The van der Waals surface area contributed by atoms with Crippen LogP contribution in [0.25, 0.3) is 0 Å². The molecular weight excluding hydrogens is 254 g/mol. The average molecular weight is 296 g/mol.